The zero-order chi connectivity index (χ0) is 20.9. The third kappa shape index (κ3) is 5.57. The minimum Gasteiger partial charge on any atom is -0.280 e. The molecular formula is C20H15Cl2N3O3S. The summed E-state index contributed by atoms with van der Waals surface area (Å²) in [5, 5.41) is 4.84. The Labute approximate surface area is 178 Å². The number of hydrogen-bond donors (Lipinski definition) is 2. The molecule has 148 valence electrons. The van der Waals surface area contributed by atoms with Crippen LogP contribution in [0.5, 0.6) is 0 Å². The van der Waals surface area contributed by atoms with Crippen molar-refractivity contribution in [3.63, 3.8) is 0 Å². The van der Waals surface area contributed by atoms with Crippen molar-refractivity contribution in [2.24, 2.45) is 5.10 Å². The number of amides is 1. The van der Waals surface area contributed by atoms with Crippen LogP contribution in [0.25, 0.3) is 0 Å². The van der Waals surface area contributed by atoms with Gasteiger partial charge in [0, 0.05) is 26.9 Å². The standard InChI is InChI=1S/C20H15Cl2N3O3S/c21-16-8-10-17(11-9-16)25-29(27,28)18-6-3-5-14(12-18)20(26)24-23-13-15-4-1-2-7-19(15)22/h1-13,25H,(H,24,26)/b23-13+. The molecule has 0 aromatic heterocycles. The van der Waals surface area contributed by atoms with E-state index in [-0.39, 0.29) is 10.5 Å². The molecule has 0 spiro atoms. The number of carbonyl (C=O) groups excluding carboxylic acids is 1. The first-order valence-electron chi connectivity index (χ1n) is 8.31. The molecule has 9 heteroatoms. The van der Waals surface area contributed by atoms with Gasteiger partial charge in [0.05, 0.1) is 11.1 Å². The first-order chi connectivity index (χ1) is 13.8. The van der Waals surface area contributed by atoms with Crippen LogP contribution in [-0.4, -0.2) is 20.5 Å². The SMILES string of the molecule is O=C(N/N=C/c1ccccc1Cl)c1cccc(S(=O)(=O)Nc2ccc(Cl)cc2)c1. The van der Waals surface area contributed by atoms with Gasteiger partial charge in [-0.15, -0.1) is 0 Å². The number of benzene rings is 3. The second-order valence-corrected chi connectivity index (χ2v) is 8.39. The van der Waals surface area contributed by atoms with Crippen molar-refractivity contribution >= 4 is 51.0 Å². The first-order valence-corrected chi connectivity index (χ1v) is 10.6. The second-order valence-electron chi connectivity index (χ2n) is 5.86. The molecule has 1 amide bonds. The highest BCUT2D eigenvalue weighted by molar-refractivity contribution is 7.92. The average molecular weight is 448 g/mol. The van der Waals surface area contributed by atoms with Gasteiger partial charge in [0.1, 0.15) is 0 Å². The van der Waals surface area contributed by atoms with Crippen LogP contribution in [0, 0.1) is 0 Å². The van der Waals surface area contributed by atoms with Crippen LogP contribution >= 0.6 is 23.2 Å². The Kier molecular flexibility index (Phi) is 6.53. The van der Waals surface area contributed by atoms with E-state index >= 15 is 0 Å². The molecule has 29 heavy (non-hydrogen) atoms. The molecule has 3 aromatic rings. The summed E-state index contributed by atoms with van der Waals surface area (Å²) in [7, 11) is -3.88. The number of anilines is 1. The monoisotopic (exact) mass is 447 g/mol. The third-order valence-electron chi connectivity index (χ3n) is 3.78. The zero-order valence-corrected chi connectivity index (χ0v) is 17.2. The van der Waals surface area contributed by atoms with Crippen LogP contribution in [0.3, 0.4) is 0 Å². The predicted octanol–water partition coefficient (Wildman–Crippen LogP) is 4.56. The second kappa shape index (κ2) is 9.09. The third-order valence-corrected chi connectivity index (χ3v) is 5.75. The van der Waals surface area contributed by atoms with Crippen LogP contribution in [0.2, 0.25) is 10.0 Å². The summed E-state index contributed by atoms with van der Waals surface area (Å²) < 4.78 is 27.6. The van der Waals surface area contributed by atoms with Gasteiger partial charge in [-0.2, -0.15) is 5.10 Å². The molecule has 0 unspecified atom stereocenters. The fourth-order valence-electron chi connectivity index (χ4n) is 2.34. The van der Waals surface area contributed by atoms with Gasteiger partial charge in [-0.25, -0.2) is 13.8 Å². The Morgan fingerprint density at radius 3 is 2.38 bits per heavy atom. The predicted molar refractivity (Wildman–Crippen MR) is 115 cm³/mol. The quantitative estimate of drug-likeness (QED) is 0.428. The summed E-state index contributed by atoms with van der Waals surface area (Å²) in [6.07, 6.45) is 1.41. The summed E-state index contributed by atoms with van der Waals surface area (Å²) in [6, 6.07) is 18.9. The lowest BCUT2D eigenvalue weighted by Crippen LogP contribution is -2.19. The van der Waals surface area contributed by atoms with Crippen molar-refractivity contribution in [3.05, 3.63) is 94.0 Å². The summed E-state index contributed by atoms with van der Waals surface area (Å²) in [5.74, 6) is -0.558. The highest BCUT2D eigenvalue weighted by atomic mass is 35.5. The maximum absolute atomic E-state index is 12.6. The van der Waals surface area contributed by atoms with E-state index in [4.69, 9.17) is 23.2 Å². The Bertz CT molecular complexity index is 1160. The lowest BCUT2D eigenvalue weighted by Gasteiger charge is -2.09. The van der Waals surface area contributed by atoms with Gasteiger partial charge in [-0.05, 0) is 48.5 Å². The topological polar surface area (TPSA) is 87.6 Å². The van der Waals surface area contributed by atoms with Crippen molar-refractivity contribution in [1.29, 1.82) is 0 Å². The van der Waals surface area contributed by atoms with E-state index in [0.717, 1.165) is 0 Å². The van der Waals surface area contributed by atoms with E-state index in [0.29, 0.717) is 21.3 Å². The molecule has 0 heterocycles. The van der Waals surface area contributed by atoms with E-state index in [1.807, 2.05) is 0 Å². The van der Waals surface area contributed by atoms with E-state index < -0.39 is 15.9 Å². The van der Waals surface area contributed by atoms with Gasteiger partial charge < -0.3 is 0 Å². The lowest BCUT2D eigenvalue weighted by molar-refractivity contribution is 0.0955. The van der Waals surface area contributed by atoms with Gasteiger partial charge in [0.15, 0.2) is 0 Å². The van der Waals surface area contributed by atoms with Gasteiger partial charge in [-0.3, -0.25) is 9.52 Å². The summed E-state index contributed by atoms with van der Waals surface area (Å²) in [4.78, 5) is 12.2. The van der Waals surface area contributed by atoms with Crippen molar-refractivity contribution < 1.29 is 13.2 Å². The molecular weight excluding hydrogens is 433 g/mol. The number of hydrazone groups is 1. The summed E-state index contributed by atoms with van der Waals surface area (Å²) in [5.41, 5.74) is 3.48. The maximum atomic E-state index is 12.6. The van der Waals surface area contributed by atoms with Gasteiger partial charge in [0.25, 0.3) is 15.9 Å². The number of hydrogen-bond acceptors (Lipinski definition) is 4. The molecule has 0 bridgehead atoms. The Balaban J connectivity index is 1.73. The normalized spacial score (nSPS) is 11.4. The lowest BCUT2D eigenvalue weighted by atomic mass is 10.2. The van der Waals surface area contributed by atoms with E-state index in [1.165, 1.54) is 30.5 Å². The van der Waals surface area contributed by atoms with Crippen molar-refractivity contribution in [2.75, 3.05) is 4.72 Å². The molecule has 3 aromatic carbocycles. The number of carbonyl (C=O) groups is 1. The molecule has 6 nitrogen and oxygen atoms in total. The number of sulfonamides is 1. The van der Waals surface area contributed by atoms with Crippen molar-refractivity contribution in [2.45, 2.75) is 4.90 Å². The van der Waals surface area contributed by atoms with Crippen molar-refractivity contribution in [3.8, 4) is 0 Å². The molecule has 0 aliphatic rings. The summed E-state index contributed by atoms with van der Waals surface area (Å²) >= 11 is 11.8. The Hall–Kier alpha value is -2.87. The molecule has 0 atom stereocenters. The van der Waals surface area contributed by atoms with Crippen LogP contribution < -0.4 is 10.1 Å². The minimum absolute atomic E-state index is 0.0600. The highest BCUT2D eigenvalue weighted by Gasteiger charge is 2.16. The molecule has 0 fully saturated rings. The van der Waals surface area contributed by atoms with Crippen LogP contribution in [0.4, 0.5) is 5.69 Å². The molecule has 0 saturated carbocycles. The summed E-state index contributed by atoms with van der Waals surface area (Å²) in [6.45, 7) is 0. The van der Waals surface area contributed by atoms with E-state index in [9.17, 15) is 13.2 Å². The fraction of sp³-hybridized carbons (Fsp3) is 0. The van der Waals surface area contributed by atoms with Crippen LogP contribution in [0.1, 0.15) is 15.9 Å². The molecule has 0 saturated heterocycles. The molecule has 2 N–H and O–H groups in total. The highest BCUT2D eigenvalue weighted by Crippen LogP contribution is 2.19. The Morgan fingerprint density at radius 2 is 1.66 bits per heavy atom. The fourth-order valence-corrected chi connectivity index (χ4v) is 3.76. The zero-order valence-electron chi connectivity index (χ0n) is 14.8. The number of halogens is 2. The van der Waals surface area contributed by atoms with Crippen LogP contribution in [0.15, 0.2) is 82.8 Å². The molecule has 0 aliphatic heterocycles. The van der Waals surface area contributed by atoms with E-state index in [2.05, 4.69) is 15.2 Å². The van der Waals surface area contributed by atoms with Gasteiger partial charge in [0.2, 0.25) is 0 Å². The molecule has 0 radical (unpaired) electrons. The smallest absolute Gasteiger partial charge is 0.271 e. The van der Waals surface area contributed by atoms with Gasteiger partial charge >= 0.3 is 0 Å². The number of rotatable bonds is 6. The van der Waals surface area contributed by atoms with Gasteiger partial charge in [-0.1, -0.05) is 47.5 Å². The molecule has 0 aliphatic carbocycles. The Morgan fingerprint density at radius 1 is 0.931 bits per heavy atom. The average Bonchev–Trinajstić information content (AvgIpc) is 2.71. The molecule has 3 rings (SSSR count). The first kappa shape index (κ1) is 20.9. The van der Waals surface area contributed by atoms with Crippen molar-refractivity contribution in [1.82, 2.24) is 5.43 Å². The number of nitrogens with zero attached hydrogens (tertiary/aromatic N) is 1. The van der Waals surface area contributed by atoms with E-state index in [1.54, 1.807) is 48.5 Å². The largest absolute Gasteiger partial charge is 0.280 e. The maximum Gasteiger partial charge on any atom is 0.271 e. The van der Waals surface area contributed by atoms with Crippen LogP contribution in [-0.2, 0) is 10.0 Å². The minimum atomic E-state index is -3.88. The number of nitrogens with one attached hydrogen (secondary N) is 2.